The minimum atomic E-state index is -6.00. The van der Waals surface area contributed by atoms with Gasteiger partial charge in [-0.15, -0.1) is 9.24 Å². The molecule has 0 rings (SSSR count). The van der Waals surface area contributed by atoms with E-state index in [2.05, 4.69) is 16.2 Å². The summed E-state index contributed by atoms with van der Waals surface area (Å²) in [6.45, 7) is 2.24. The van der Waals surface area contributed by atoms with Gasteiger partial charge in [0.15, 0.2) is 0 Å². The fourth-order valence-corrected chi connectivity index (χ4v) is 0.860. The molecule has 0 aromatic rings. The van der Waals surface area contributed by atoms with Crippen LogP contribution in [0.4, 0.5) is 17.3 Å². The summed E-state index contributed by atoms with van der Waals surface area (Å²) >= 11 is 0. The van der Waals surface area contributed by atoms with Crippen LogP contribution in [0.25, 0.3) is 0 Å². The fourth-order valence-electron chi connectivity index (χ4n) is 0.571. The monoisotopic (exact) mass is 205 g/mol. The van der Waals surface area contributed by atoms with Crippen molar-refractivity contribution in [3.63, 3.8) is 0 Å². The lowest BCUT2D eigenvalue weighted by atomic mass is 10.2. The van der Waals surface area contributed by atoms with E-state index in [1.165, 1.54) is 31.8 Å². The molecule has 0 aliphatic carbocycles. The molecule has 0 heterocycles. The van der Waals surface area contributed by atoms with Crippen LogP contribution in [0.15, 0.2) is 0 Å². The highest BCUT2D eigenvalue weighted by Crippen LogP contribution is 2.06. The molecule has 0 N–H and O–H groups in total. The number of hydrogen-bond donors (Lipinski definition) is 0. The van der Waals surface area contributed by atoms with E-state index in [-0.39, 0.29) is 0 Å². The second-order valence-corrected chi connectivity index (χ2v) is 2.92. The van der Waals surface area contributed by atoms with Crippen molar-refractivity contribution in [3.05, 3.63) is 0 Å². The van der Waals surface area contributed by atoms with Gasteiger partial charge in [0, 0.05) is 0 Å². The van der Waals surface area contributed by atoms with E-state index >= 15 is 0 Å². The Kier molecular flexibility index (Phi) is 11.4. The molecular weight excluding hydrogens is 190 g/mol. The maximum atomic E-state index is 9.75. The van der Waals surface area contributed by atoms with Crippen molar-refractivity contribution in [2.45, 2.75) is 32.6 Å². The van der Waals surface area contributed by atoms with Crippen molar-refractivity contribution in [2.75, 3.05) is 6.16 Å². The third-order valence-corrected chi connectivity index (χ3v) is 1.47. The van der Waals surface area contributed by atoms with Crippen molar-refractivity contribution < 1.29 is 17.3 Å². The second kappa shape index (κ2) is 9.30. The minimum absolute atomic E-state index is 1.28. The van der Waals surface area contributed by atoms with Gasteiger partial charge < -0.3 is 17.3 Å². The van der Waals surface area contributed by atoms with Gasteiger partial charge in [0.25, 0.3) is 0 Å². The lowest BCUT2D eigenvalue weighted by Gasteiger charge is -1.94. The van der Waals surface area contributed by atoms with Crippen molar-refractivity contribution in [1.82, 2.24) is 0 Å². The van der Waals surface area contributed by atoms with E-state index in [1.54, 1.807) is 0 Å². The first-order chi connectivity index (χ1) is 5.41. The molecule has 0 saturated carbocycles. The maximum absolute atomic E-state index is 9.75. The summed E-state index contributed by atoms with van der Waals surface area (Å²) in [5.41, 5.74) is 0. The van der Waals surface area contributed by atoms with Gasteiger partial charge in [0.05, 0.1) is 0 Å². The Morgan fingerprint density at radius 2 is 1.42 bits per heavy atom. The molecule has 0 aromatic carbocycles. The summed E-state index contributed by atoms with van der Waals surface area (Å²) in [4.78, 5) is 0. The normalized spacial score (nSPS) is 10.5. The van der Waals surface area contributed by atoms with Crippen molar-refractivity contribution in [2.24, 2.45) is 0 Å². The van der Waals surface area contributed by atoms with E-state index < -0.39 is 7.25 Å². The van der Waals surface area contributed by atoms with E-state index in [9.17, 15) is 17.3 Å². The molecule has 0 spiro atoms. The quantitative estimate of drug-likeness (QED) is 0.283. The Morgan fingerprint density at radius 1 is 1.00 bits per heavy atom. The highest BCUT2D eigenvalue weighted by Gasteiger charge is 2.20. The summed E-state index contributed by atoms with van der Waals surface area (Å²) in [6.07, 6.45) is 6.84. The number of hydrogen-bond acceptors (Lipinski definition) is 0. The maximum Gasteiger partial charge on any atom is 0.673 e. The first-order valence-electron chi connectivity index (χ1n) is 3.99. The van der Waals surface area contributed by atoms with Gasteiger partial charge in [0.2, 0.25) is 0 Å². The molecule has 0 nitrogen and oxygen atoms in total. The van der Waals surface area contributed by atoms with Crippen LogP contribution in [0.5, 0.6) is 0 Å². The molecular formula is C6H15BF4P-. The average molecular weight is 205 g/mol. The predicted molar refractivity (Wildman–Crippen MR) is 48.9 cm³/mol. The Balaban J connectivity index is 0. The molecule has 1 unspecified atom stereocenters. The SMILES string of the molecule is CCCCCCP.F[B-](F)(F)F. The van der Waals surface area contributed by atoms with Gasteiger partial charge in [-0.05, 0) is 12.6 Å². The van der Waals surface area contributed by atoms with Crippen LogP contribution < -0.4 is 0 Å². The summed E-state index contributed by atoms with van der Waals surface area (Å²) < 4.78 is 39.0. The van der Waals surface area contributed by atoms with Gasteiger partial charge >= 0.3 is 7.25 Å². The smallest absolute Gasteiger partial charge is 0.418 e. The zero-order valence-electron chi connectivity index (χ0n) is 7.20. The third kappa shape index (κ3) is 48.8. The molecule has 0 aliphatic rings. The van der Waals surface area contributed by atoms with Crippen LogP contribution in [-0.2, 0) is 0 Å². The molecule has 0 fully saturated rings. The largest absolute Gasteiger partial charge is 0.673 e. The van der Waals surface area contributed by atoms with Crippen LogP contribution in [0.3, 0.4) is 0 Å². The summed E-state index contributed by atoms with van der Waals surface area (Å²) in [7, 11) is -3.25. The molecule has 0 aliphatic heterocycles. The number of unbranched alkanes of at least 4 members (excludes halogenated alkanes) is 3. The summed E-state index contributed by atoms with van der Waals surface area (Å²) in [6, 6.07) is 0. The Morgan fingerprint density at radius 3 is 1.67 bits per heavy atom. The summed E-state index contributed by atoms with van der Waals surface area (Å²) in [5, 5.41) is 0. The Labute approximate surface area is 73.4 Å². The standard InChI is InChI=1S/C6H15P.BF4/c1-2-3-4-5-6-7;2-1(3,4)5/h2-7H2,1H3;/q;-1. The third-order valence-electron chi connectivity index (χ3n) is 1.06. The van der Waals surface area contributed by atoms with Crippen LogP contribution >= 0.6 is 9.24 Å². The molecule has 0 radical (unpaired) electrons. The van der Waals surface area contributed by atoms with Crippen molar-refractivity contribution >= 4 is 16.5 Å². The van der Waals surface area contributed by atoms with Crippen molar-refractivity contribution in [1.29, 1.82) is 0 Å². The average Bonchev–Trinajstić information content (AvgIpc) is 1.85. The van der Waals surface area contributed by atoms with E-state index in [0.29, 0.717) is 0 Å². The van der Waals surface area contributed by atoms with Gasteiger partial charge in [-0.2, -0.15) is 0 Å². The van der Waals surface area contributed by atoms with Crippen molar-refractivity contribution in [3.8, 4) is 0 Å². The number of rotatable bonds is 4. The molecule has 0 bridgehead atoms. The topological polar surface area (TPSA) is 0 Å². The Bertz CT molecular complexity index is 76.1. The van der Waals surface area contributed by atoms with E-state index in [0.717, 1.165) is 0 Å². The van der Waals surface area contributed by atoms with E-state index in [1.807, 2.05) is 0 Å². The second-order valence-electron chi connectivity index (χ2n) is 2.34. The van der Waals surface area contributed by atoms with Crippen LogP contribution in [-0.4, -0.2) is 13.4 Å². The van der Waals surface area contributed by atoms with Gasteiger partial charge in [0.1, 0.15) is 0 Å². The zero-order valence-corrected chi connectivity index (χ0v) is 8.36. The molecule has 1 atom stereocenters. The zero-order chi connectivity index (χ0) is 10.0. The Hall–Kier alpha value is 0.215. The van der Waals surface area contributed by atoms with Crippen LogP contribution in [0, 0.1) is 0 Å². The fraction of sp³-hybridized carbons (Fsp3) is 1.00. The lowest BCUT2D eigenvalue weighted by molar-refractivity contribution is 0.368. The van der Waals surface area contributed by atoms with Gasteiger partial charge in [-0.25, -0.2) is 0 Å². The molecule has 0 saturated heterocycles. The highest BCUT2D eigenvalue weighted by molar-refractivity contribution is 7.16. The van der Waals surface area contributed by atoms with Crippen LogP contribution in [0.1, 0.15) is 32.6 Å². The first-order valence-corrected chi connectivity index (χ1v) is 4.80. The van der Waals surface area contributed by atoms with E-state index in [4.69, 9.17) is 0 Å². The molecule has 76 valence electrons. The minimum Gasteiger partial charge on any atom is -0.418 e. The van der Waals surface area contributed by atoms with Gasteiger partial charge in [-0.1, -0.05) is 26.2 Å². The first kappa shape index (κ1) is 14.7. The molecule has 0 aromatic heterocycles. The molecule has 0 amide bonds. The van der Waals surface area contributed by atoms with Crippen LogP contribution in [0.2, 0.25) is 0 Å². The lowest BCUT2D eigenvalue weighted by Crippen LogP contribution is -2.02. The number of halogens is 4. The molecule has 6 heteroatoms. The van der Waals surface area contributed by atoms with Gasteiger partial charge in [-0.3, -0.25) is 0 Å². The highest BCUT2D eigenvalue weighted by atomic mass is 31.0. The molecule has 12 heavy (non-hydrogen) atoms. The summed E-state index contributed by atoms with van der Waals surface area (Å²) in [5.74, 6) is 0. The predicted octanol–water partition coefficient (Wildman–Crippen LogP) is 3.74.